The molecule has 2 aromatic carbocycles. The third-order valence-electron chi connectivity index (χ3n) is 3.83. The zero-order valence-corrected chi connectivity index (χ0v) is 17.1. The molecular weight excluding hydrogens is 433 g/mol. The van der Waals surface area contributed by atoms with Crippen LogP contribution in [0.2, 0.25) is 10.0 Å². The molecule has 0 aliphatic carbocycles. The molecule has 1 amide bonds. The van der Waals surface area contributed by atoms with Crippen LogP contribution in [0.3, 0.4) is 0 Å². The van der Waals surface area contributed by atoms with E-state index in [2.05, 4.69) is 15.5 Å². The second-order valence-corrected chi connectivity index (χ2v) is 7.75. The van der Waals surface area contributed by atoms with Crippen molar-refractivity contribution >= 4 is 45.6 Å². The predicted octanol–water partition coefficient (Wildman–Crippen LogP) is 5.94. The van der Waals surface area contributed by atoms with Crippen LogP contribution in [-0.4, -0.2) is 16.1 Å². The molecule has 0 spiro atoms. The van der Waals surface area contributed by atoms with Crippen molar-refractivity contribution in [1.29, 1.82) is 0 Å². The van der Waals surface area contributed by atoms with Crippen LogP contribution >= 0.6 is 34.5 Å². The van der Waals surface area contributed by atoms with E-state index in [-0.39, 0.29) is 12.4 Å². The van der Waals surface area contributed by atoms with Crippen molar-refractivity contribution in [2.45, 2.75) is 6.61 Å². The van der Waals surface area contributed by atoms with E-state index in [4.69, 9.17) is 32.4 Å². The Labute approximate surface area is 180 Å². The highest BCUT2D eigenvalue weighted by Crippen LogP contribution is 2.29. The molecule has 4 rings (SSSR count). The Morgan fingerprint density at radius 1 is 1.03 bits per heavy atom. The zero-order chi connectivity index (χ0) is 20.2. The fourth-order valence-corrected chi connectivity index (χ4v) is 3.47. The van der Waals surface area contributed by atoms with Crippen LogP contribution in [-0.2, 0) is 6.61 Å². The number of benzene rings is 2. The van der Waals surface area contributed by atoms with Crippen molar-refractivity contribution in [3.05, 3.63) is 81.5 Å². The second-order valence-electron chi connectivity index (χ2n) is 5.84. The van der Waals surface area contributed by atoms with Crippen LogP contribution < -0.4 is 10.1 Å². The van der Waals surface area contributed by atoms with Gasteiger partial charge in [-0.05, 0) is 48.5 Å². The van der Waals surface area contributed by atoms with Gasteiger partial charge >= 0.3 is 0 Å². The number of aromatic nitrogens is 2. The Morgan fingerprint density at radius 3 is 2.62 bits per heavy atom. The third kappa shape index (κ3) is 4.76. The number of halogens is 2. The van der Waals surface area contributed by atoms with Gasteiger partial charge < -0.3 is 9.15 Å². The number of nitrogens with zero attached hydrogens (tertiary/aromatic N) is 2. The number of hydrogen-bond acceptors (Lipinski definition) is 6. The van der Waals surface area contributed by atoms with Gasteiger partial charge in [0.2, 0.25) is 5.13 Å². The summed E-state index contributed by atoms with van der Waals surface area (Å²) in [5, 5.41) is 12.8. The average molecular weight is 446 g/mol. The highest BCUT2D eigenvalue weighted by Gasteiger charge is 2.16. The first kappa shape index (κ1) is 19.4. The smallest absolute Gasteiger partial charge is 0.293 e. The summed E-state index contributed by atoms with van der Waals surface area (Å²) in [4.78, 5) is 12.4. The molecule has 0 aliphatic heterocycles. The maximum absolute atomic E-state index is 12.4. The van der Waals surface area contributed by atoms with Gasteiger partial charge in [-0.15, -0.1) is 10.2 Å². The molecule has 0 atom stereocenters. The van der Waals surface area contributed by atoms with Crippen molar-refractivity contribution in [2.75, 3.05) is 5.32 Å². The number of hydrogen-bond donors (Lipinski definition) is 1. The van der Waals surface area contributed by atoms with Crippen molar-refractivity contribution in [1.82, 2.24) is 10.2 Å². The predicted molar refractivity (Wildman–Crippen MR) is 113 cm³/mol. The first-order chi connectivity index (χ1) is 14.1. The SMILES string of the molecule is O=C(Nc1nnc(COc2ccc(Cl)cc2)s1)c1ccc(-c2ccccc2Cl)o1. The van der Waals surface area contributed by atoms with E-state index >= 15 is 0 Å². The number of anilines is 1. The summed E-state index contributed by atoms with van der Waals surface area (Å²) < 4.78 is 11.2. The summed E-state index contributed by atoms with van der Waals surface area (Å²) in [6.45, 7) is 0.229. The number of rotatable bonds is 6. The summed E-state index contributed by atoms with van der Waals surface area (Å²) in [5.41, 5.74) is 0.714. The van der Waals surface area contributed by atoms with Gasteiger partial charge in [0.05, 0.1) is 5.02 Å². The molecule has 0 fully saturated rings. The van der Waals surface area contributed by atoms with Gasteiger partial charge in [-0.2, -0.15) is 0 Å². The number of carbonyl (C=O) groups excluding carboxylic acids is 1. The molecule has 146 valence electrons. The lowest BCUT2D eigenvalue weighted by Crippen LogP contribution is -2.10. The Balaban J connectivity index is 1.38. The molecule has 9 heteroatoms. The molecule has 2 heterocycles. The van der Waals surface area contributed by atoms with E-state index in [1.54, 1.807) is 42.5 Å². The fourth-order valence-electron chi connectivity index (χ4n) is 2.46. The van der Waals surface area contributed by atoms with Crippen molar-refractivity contribution < 1.29 is 13.9 Å². The van der Waals surface area contributed by atoms with Crippen molar-refractivity contribution in [3.63, 3.8) is 0 Å². The highest BCUT2D eigenvalue weighted by molar-refractivity contribution is 7.15. The van der Waals surface area contributed by atoms with E-state index in [1.165, 1.54) is 11.3 Å². The standard InChI is InChI=1S/C20H13Cl2N3O3S/c21-12-5-7-13(8-6-12)27-11-18-24-25-20(29-18)23-19(26)17-10-9-16(28-17)14-3-1-2-4-15(14)22/h1-10H,11H2,(H,23,25,26). The van der Waals surface area contributed by atoms with Crippen LogP contribution in [0.15, 0.2) is 65.1 Å². The first-order valence-electron chi connectivity index (χ1n) is 8.45. The topological polar surface area (TPSA) is 77.2 Å². The van der Waals surface area contributed by atoms with Gasteiger partial charge in [0.25, 0.3) is 5.91 Å². The van der Waals surface area contributed by atoms with E-state index in [0.29, 0.717) is 37.3 Å². The Hall–Kier alpha value is -2.87. The molecule has 29 heavy (non-hydrogen) atoms. The molecule has 2 aromatic heterocycles. The average Bonchev–Trinajstić information content (AvgIpc) is 3.38. The second kappa shape index (κ2) is 8.65. The largest absolute Gasteiger partial charge is 0.486 e. The van der Waals surface area contributed by atoms with Gasteiger partial charge in [-0.1, -0.05) is 46.7 Å². The highest BCUT2D eigenvalue weighted by atomic mass is 35.5. The number of nitrogens with one attached hydrogen (secondary N) is 1. The third-order valence-corrected chi connectivity index (χ3v) is 5.23. The van der Waals surface area contributed by atoms with Gasteiger partial charge in [0.1, 0.15) is 18.1 Å². The molecule has 0 radical (unpaired) electrons. The lowest BCUT2D eigenvalue weighted by Gasteiger charge is -2.02. The minimum atomic E-state index is -0.426. The first-order valence-corrected chi connectivity index (χ1v) is 10.0. The lowest BCUT2D eigenvalue weighted by molar-refractivity contribution is 0.0997. The number of furan rings is 1. The van der Waals surface area contributed by atoms with Crippen LogP contribution in [0.5, 0.6) is 5.75 Å². The van der Waals surface area contributed by atoms with Crippen molar-refractivity contribution in [2.24, 2.45) is 0 Å². The Morgan fingerprint density at radius 2 is 1.83 bits per heavy atom. The molecule has 0 bridgehead atoms. The maximum Gasteiger partial charge on any atom is 0.293 e. The van der Waals surface area contributed by atoms with E-state index in [1.807, 2.05) is 18.2 Å². The van der Waals surface area contributed by atoms with Gasteiger partial charge in [0, 0.05) is 10.6 Å². The molecule has 0 aliphatic rings. The number of carbonyl (C=O) groups is 1. The molecule has 4 aromatic rings. The lowest BCUT2D eigenvalue weighted by atomic mass is 10.2. The van der Waals surface area contributed by atoms with E-state index < -0.39 is 5.91 Å². The normalized spacial score (nSPS) is 10.7. The maximum atomic E-state index is 12.4. The summed E-state index contributed by atoms with van der Waals surface area (Å²) in [5.74, 6) is 0.895. The minimum absolute atomic E-state index is 0.147. The molecule has 6 nitrogen and oxygen atoms in total. The quantitative estimate of drug-likeness (QED) is 0.397. The van der Waals surface area contributed by atoms with Crippen LogP contribution in [0.1, 0.15) is 15.6 Å². The van der Waals surface area contributed by atoms with Crippen LogP contribution in [0.25, 0.3) is 11.3 Å². The summed E-state index contributed by atoms with van der Waals surface area (Å²) in [6.07, 6.45) is 0. The van der Waals surface area contributed by atoms with Crippen LogP contribution in [0, 0.1) is 0 Å². The summed E-state index contributed by atoms with van der Waals surface area (Å²) >= 11 is 13.2. The monoisotopic (exact) mass is 445 g/mol. The van der Waals surface area contributed by atoms with E-state index in [9.17, 15) is 4.79 Å². The van der Waals surface area contributed by atoms with Crippen LogP contribution in [0.4, 0.5) is 5.13 Å². The fraction of sp³-hybridized carbons (Fsp3) is 0.0500. The number of ether oxygens (including phenoxy) is 1. The van der Waals surface area contributed by atoms with Gasteiger partial charge in [-0.25, -0.2) is 0 Å². The Kier molecular flexibility index (Phi) is 5.80. The molecule has 0 unspecified atom stereocenters. The Bertz CT molecular complexity index is 1140. The zero-order valence-electron chi connectivity index (χ0n) is 14.8. The number of amides is 1. The van der Waals surface area contributed by atoms with Gasteiger partial charge in [0.15, 0.2) is 10.8 Å². The molecular formula is C20H13Cl2N3O3S. The molecule has 0 saturated carbocycles. The summed E-state index contributed by atoms with van der Waals surface area (Å²) in [6, 6.07) is 17.5. The van der Waals surface area contributed by atoms with E-state index in [0.717, 1.165) is 0 Å². The summed E-state index contributed by atoms with van der Waals surface area (Å²) in [7, 11) is 0. The van der Waals surface area contributed by atoms with Crippen molar-refractivity contribution in [3.8, 4) is 17.1 Å². The minimum Gasteiger partial charge on any atom is -0.486 e. The van der Waals surface area contributed by atoms with Gasteiger partial charge in [-0.3, -0.25) is 10.1 Å². The molecule has 0 saturated heterocycles. The molecule has 1 N–H and O–H groups in total.